The molecule has 0 aliphatic carbocycles. The topological polar surface area (TPSA) is 66.6 Å². The summed E-state index contributed by atoms with van der Waals surface area (Å²) in [6, 6.07) is 6.13. The van der Waals surface area contributed by atoms with Gasteiger partial charge in [0.1, 0.15) is 5.75 Å². The summed E-state index contributed by atoms with van der Waals surface area (Å²) in [4.78, 5) is 13.5. The Morgan fingerprint density at radius 3 is 2.50 bits per heavy atom. The van der Waals surface area contributed by atoms with Crippen LogP contribution in [0.15, 0.2) is 36.4 Å². The maximum atomic E-state index is 12.0. The molecule has 0 heterocycles. The van der Waals surface area contributed by atoms with Crippen molar-refractivity contribution in [3.8, 4) is 5.75 Å². The van der Waals surface area contributed by atoms with E-state index >= 15 is 0 Å². The molecule has 4 nitrogen and oxygen atoms in total. The number of benzene rings is 1. The molecule has 0 aromatic heterocycles. The molecular formula is C14H20N2O2. The van der Waals surface area contributed by atoms with E-state index in [1.807, 2.05) is 6.92 Å². The molecule has 3 N–H and O–H groups in total. The average Bonchev–Trinajstić information content (AvgIpc) is 2.30. The van der Waals surface area contributed by atoms with Gasteiger partial charge in [-0.2, -0.15) is 0 Å². The van der Waals surface area contributed by atoms with Gasteiger partial charge >= 0.3 is 0 Å². The second-order valence-corrected chi connectivity index (χ2v) is 4.63. The summed E-state index contributed by atoms with van der Waals surface area (Å²) >= 11 is 0. The van der Waals surface area contributed by atoms with E-state index in [9.17, 15) is 9.90 Å². The second kappa shape index (κ2) is 6.21. The Hall–Kier alpha value is -1.81. The maximum Gasteiger partial charge on any atom is 0.239 e. The number of nitrogens with zero attached hydrogens (tertiary/aromatic N) is 1. The van der Waals surface area contributed by atoms with Crippen LogP contribution in [0.5, 0.6) is 5.75 Å². The number of amides is 1. The third-order valence-electron chi connectivity index (χ3n) is 2.59. The third kappa shape index (κ3) is 4.22. The van der Waals surface area contributed by atoms with E-state index in [1.165, 1.54) is 0 Å². The number of phenols is 1. The Balaban J connectivity index is 2.59. The fourth-order valence-corrected chi connectivity index (χ4v) is 1.74. The Bertz CT molecular complexity index is 426. The number of rotatable bonds is 5. The lowest BCUT2D eigenvalue weighted by molar-refractivity contribution is -0.130. The van der Waals surface area contributed by atoms with E-state index in [0.717, 1.165) is 11.1 Å². The largest absolute Gasteiger partial charge is 0.508 e. The minimum atomic E-state index is -0.570. The van der Waals surface area contributed by atoms with Gasteiger partial charge < -0.3 is 15.7 Å². The van der Waals surface area contributed by atoms with Gasteiger partial charge in [-0.3, -0.25) is 4.79 Å². The summed E-state index contributed by atoms with van der Waals surface area (Å²) in [5.41, 5.74) is 7.73. The van der Waals surface area contributed by atoms with Crippen LogP contribution in [-0.2, 0) is 11.2 Å². The predicted octanol–water partition coefficient (Wildman–Crippen LogP) is 1.30. The quantitative estimate of drug-likeness (QED) is 0.772. The first-order chi connectivity index (χ1) is 8.40. The van der Waals surface area contributed by atoms with Gasteiger partial charge in [0.25, 0.3) is 0 Å². The Morgan fingerprint density at radius 1 is 1.44 bits per heavy atom. The maximum absolute atomic E-state index is 12.0. The summed E-state index contributed by atoms with van der Waals surface area (Å²) in [5, 5.41) is 9.17. The van der Waals surface area contributed by atoms with E-state index < -0.39 is 6.04 Å². The molecule has 0 aliphatic rings. The van der Waals surface area contributed by atoms with Crippen molar-refractivity contribution in [3.05, 3.63) is 42.0 Å². The van der Waals surface area contributed by atoms with Crippen molar-refractivity contribution < 1.29 is 9.90 Å². The molecule has 0 saturated carbocycles. The monoisotopic (exact) mass is 248 g/mol. The molecule has 0 spiro atoms. The normalized spacial score (nSPS) is 11.9. The lowest BCUT2D eigenvalue weighted by atomic mass is 10.1. The number of carbonyl (C=O) groups excluding carboxylic acids is 1. The van der Waals surface area contributed by atoms with Crippen molar-refractivity contribution in [2.24, 2.45) is 5.73 Å². The summed E-state index contributed by atoms with van der Waals surface area (Å²) in [7, 11) is 1.72. The van der Waals surface area contributed by atoms with Crippen LogP contribution in [-0.4, -0.2) is 35.5 Å². The van der Waals surface area contributed by atoms with Crippen molar-refractivity contribution in [2.75, 3.05) is 13.6 Å². The number of likely N-dealkylation sites (N-methyl/N-ethyl adjacent to an activating group) is 1. The van der Waals surface area contributed by atoms with E-state index in [4.69, 9.17) is 5.73 Å². The summed E-state index contributed by atoms with van der Waals surface area (Å²) in [6.45, 7) is 6.15. The standard InChI is InChI=1S/C14H20N2O2/c1-10(2)9-16(3)14(18)13(15)8-11-4-6-12(17)7-5-11/h4-7,13,17H,1,8-9,15H2,2-3H3. The van der Waals surface area contributed by atoms with Gasteiger partial charge in [0.05, 0.1) is 6.04 Å². The zero-order valence-corrected chi connectivity index (χ0v) is 10.9. The fraction of sp³-hybridized carbons (Fsp3) is 0.357. The second-order valence-electron chi connectivity index (χ2n) is 4.63. The highest BCUT2D eigenvalue weighted by Gasteiger charge is 2.18. The van der Waals surface area contributed by atoms with Crippen molar-refractivity contribution >= 4 is 5.91 Å². The first-order valence-corrected chi connectivity index (χ1v) is 5.83. The minimum Gasteiger partial charge on any atom is -0.508 e. The number of aromatic hydroxyl groups is 1. The van der Waals surface area contributed by atoms with Gasteiger partial charge in [0.2, 0.25) is 5.91 Å². The lowest BCUT2D eigenvalue weighted by Gasteiger charge is -2.21. The Morgan fingerprint density at radius 2 is 2.00 bits per heavy atom. The van der Waals surface area contributed by atoms with Crippen LogP contribution in [0.25, 0.3) is 0 Å². The highest BCUT2D eigenvalue weighted by Crippen LogP contribution is 2.11. The molecule has 4 heteroatoms. The smallest absolute Gasteiger partial charge is 0.239 e. The first-order valence-electron chi connectivity index (χ1n) is 5.83. The first kappa shape index (κ1) is 14.3. The van der Waals surface area contributed by atoms with Crippen molar-refractivity contribution in [3.63, 3.8) is 0 Å². The Labute approximate surface area is 108 Å². The van der Waals surface area contributed by atoms with E-state index in [1.54, 1.807) is 36.2 Å². The highest BCUT2D eigenvalue weighted by molar-refractivity contribution is 5.81. The number of nitrogens with two attached hydrogens (primary N) is 1. The molecule has 1 aromatic carbocycles. The molecule has 0 fully saturated rings. The average molecular weight is 248 g/mol. The predicted molar refractivity (Wildman–Crippen MR) is 72.2 cm³/mol. The number of hydrogen-bond acceptors (Lipinski definition) is 3. The molecule has 98 valence electrons. The van der Waals surface area contributed by atoms with Crippen LogP contribution >= 0.6 is 0 Å². The van der Waals surface area contributed by atoms with Crippen molar-refractivity contribution in [1.82, 2.24) is 4.90 Å². The highest BCUT2D eigenvalue weighted by atomic mass is 16.3. The van der Waals surface area contributed by atoms with Gasteiger partial charge in [0.15, 0.2) is 0 Å². The van der Waals surface area contributed by atoms with Gasteiger partial charge in [-0.15, -0.1) is 0 Å². The molecule has 0 bridgehead atoms. The van der Waals surface area contributed by atoms with Crippen molar-refractivity contribution in [2.45, 2.75) is 19.4 Å². The van der Waals surface area contributed by atoms with Crippen LogP contribution in [0.3, 0.4) is 0 Å². The van der Waals surface area contributed by atoms with Gasteiger partial charge in [0, 0.05) is 13.6 Å². The molecule has 1 rings (SSSR count). The summed E-state index contributed by atoms with van der Waals surface area (Å²) < 4.78 is 0. The number of hydrogen-bond donors (Lipinski definition) is 2. The molecule has 0 saturated heterocycles. The molecule has 1 atom stereocenters. The van der Waals surface area contributed by atoms with Gasteiger partial charge in [-0.25, -0.2) is 0 Å². The molecule has 0 aliphatic heterocycles. The van der Waals surface area contributed by atoms with E-state index in [2.05, 4.69) is 6.58 Å². The van der Waals surface area contributed by atoms with Gasteiger partial charge in [-0.1, -0.05) is 24.3 Å². The van der Waals surface area contributed by atoms with E-state index in [-0.39, 0.29) is 11.7 Å². The SMILES string of the molecule is C=C(C)CN(C)C(=O)C(N)Cc1ccc(O)cc1. The summed E-state index contributed by atoms with van der Waals surface area (Å²) in [5.74, 6) is 0.101. The zero-order valence-electron chi connectivity index (χ0n) is 10.9. The molecule has 18 heavy (non-hydrogen) atoms. The van der Waals surface area contributed by atoms with Crippen LogP contribution in [0.4, 0.5) is 0 Å². The number of carbonyl (C=O) groups is 1. The fourth-order valence-electron chi connectivity index (χ4n) is 1.74. The molecule has 1 amide bonds. The minimum absolute atomic E-state index is 0.105. The van der Waals surface area contributed by atoms with Crippen LogP contribution in [0, 0.1) is 0 Å². The zero-order chi connectivity index (χ0) is 13.7. The summed E-state index contributed by atoms with van der Waals surface area (Å²) in [6.07, 6.45) is 0.458. The molecule has 1 unspecified atom stereocenters. The molecule has 0 radical (unpaired) electrons. The van der Waals surface area contributed by atoms with Crippen molar-refractivity contribution in [1.29, 1.82) is 0 Å². The Kier molecular flexibility index (Phi) is 4.92. The molecule has 1 aromatic rings. The van der Waals surface area contributed by atoms with Crippen LogP contribution in [0.2, 0.25) is 0 Å². The third-order valence-corrected chi connectivity index (χ3v) is 2.59. The molecular weight excluding hydrogens is 228 g/mol. The van der Waals surface area contributed by atoms with Crippen LogP contribution < -0.4 is 5.73 Å². The lowest BCUT2D eigenvalue weighted by Crippen LogP contribution is -2.43. The van der Waals surface area contributed by atoms with Crippen LogP contribution in [0.1, 0.15) is 12.5 Å². The van der Waals surface area contributed by atoms with Gasteiger partial charge in [-0.05, 0) is 31.0 Å². The van der Waals surface area contributed by atoms with E-state index in [0.29, 0.717) is 13.0 Å². The number of phenolic OH excluding ortho intramolecular Hbond substituents is 1.